The molecule has 1 aliphatic carbocycles. The van der Waals surface area contributed by atoms with Crippen molar-refractivity contribution in [3.8, 4) is 5.69 Å². The number of carboxylic acids is 1. The number of aliphatic hydroxyl groups is 1. The van der Waals surface area contributed by atoms with Crippen LogP contribution in [0.1, 0.15) is 34.8 Å². The first-order chi connectivity index (χ1) is 15.9. The molecule has 0 aliphatic heterocycles. The standard InChI is InChI=1S/C23H18ClF2N3O3S.Na/c24-16-7-6-15-21(19(16)26)29(13-10-27-28(11-13)8-9-30)20(12-4-5-12)22(15)33-17-3-1-2-14(18(17)25)23(31)32;/h1-3,6-7,10-12,30H,4-5,8-9H2,(H,31,32);/q;+1/p-1. The van der Waals surface area contributed by atoms with Gasteiger partial charge in [-0.25, -0.2) is 8.78 Å². The summed E-state index contributed by atoms with van der Waals surface area (Å²) in [5.74, 6) is -2.99. The van der Waals surface area contributed by atoms with E-state index in [1.54, 1.807) is 27.7 Å². The van der Waals surface area contributed by atoms with Crippen molar-refractivity contribution in [2.45, 2.75) is 35.1 Å². The number of hydrogen-bond acceptors (Lipinski definition) is 5. The Morgan fingerprint density at radius 2 is 2.00 bits per heavy atom. The predicted octanol–water partition coefficient (Wildman–Crippen LogP) is 1.15. The number of rotatable bonds is 7. The third kappa shape index (κ3) is 4.41. The molecule has 0 spiro atoms. The molecular formula is C23H17ClF2N3NaO3S. The zero-order chi connectivity index (χ0) is 23.3. The molecule has 1 saturated carbocycles. The molecule has 11 heteroatoms. The number of carbonyl (C=O) groups excluding carboxylic acids is 1. The van der Waals surface area contributed by atoms with Gasteiger partial charge in [-0.05, 0) is 31.0 Å². The number of nitrogens with zero attached hydrogens (tertiary/aromatic N) is 3. The summed E-state index contributed by atoms with van der Waals surface area (Å²) in [5, 5.41) is 25.3. The van der Waals surface area contributed by atoms with Crippen LogP contribution in [0.4, 0.5) is 8.78 Å². The maximum atomic E-state index is 15.4. The molecule has 5 rings (SSSR count). The van der Waals surface area contributed by atoms with Crippen molar-refractivity contribution < 1.29 is 53.3 Å². The molecular weight excluding hydrogens is 495 g/mol. The van der Waals surface area contributed by atoms with E-state index in [2.05, 4.69) is 5.10 Å². The van der Waals surface area contributed by atoms with Gasteiger partial charge >= 0.3 is 29.6 Å². The van der Waals surface area contributed by atoms with E-state index in [0.29, 0.717) is 16.0 Å². The van der Waals surface area contributed by atoms with Crippen LogP contribution >= 0.6 is 23.4 Å². The number of aromatic carboxylic acids is 1. The number of fused-ring (bicyclic) bond motifs is 1. The average molecular weight is 512 g/mol. The minimum Gasteiger partial charge on any atom is -0.545 e. The molecule has 2 heterocycles. The van der Waals surface area contributed by atoms with Gasteiger partial charge in [0.05, 0.1) is 41.5 Å². The van der Waals surface area contributed by atoms with Crippen molar-refractivity contribution in [1.29, 1.82) is 0 Å². The third-order valence-corrected chi connectivity index (χ3v) is 7.04. The number of aromatic nitrogens is 3. The summed E-state index contributed by atoms with van der Waals surface area (Å²) in [7, 11) is 0. The van der Waals surface area contributed by atoms with Gasteiger partial charge < -0.3 is 19.6 Å². The van der Waals surface area contributed by atoms with Crippen LogP contribution in [0.5, 0.6) is 0 Å². The number of benzene rings is 2. The molecule has 0 bridgehead atoms. The van der Waals surface area contributed by atoms with Gasteiger partial charge in [-0.3, -0.25) is 4.68 Å². The second-order valence-electron chi connectivity index (χ2n) is 7.77. The Balaban J connectivity index is 0.00000274. The fourth-order valence-corrected chi connectivity index (χ4v) is 5.31. The van der Waals surface area contributed by atoms with E-state index in [1.165, 1.54) is 18.2 Å². The summed E-state index contributed by atoms with van der Waals surface area (Å²) < 4.78 is 33.6. The number of hydrogen-bond donors (Lipinski definition) is 1. The molecule has 170 valence electrons. The van der Waals surface area contributed by atoms with Crippen molar-refractivity contribution in [3.05, 3.63) is 70.6 Å². The van der Waals surface area contributed by atoms with Gasteiger partial charge in [-0.2, -0.15) is 5.10 Å². The first-order valence-electron chi connectivity index (χ1n) is 10.2. The first-order valence-corrected chi connectivity index (χ1v) is 11.4. The molecule has 6 nitrogen and oxygen atoms in total. The Bertz CT molecular complexity index is 1400. The van der Waals surface area contributed by atoms with Gasteiger partial charge in [0, 0.05) is 38.5 Å². The van der Waals surface area contributed by atoms with Gasteiger partial charge in [-0.15, -0.1) is 0 Å². The molecule has 34 heavy (non-hydrogen) atoms. The monoisotopic (exact) mass is 511 g/mol. The summed E-state index contributed by atoms with van der Waals surface area (Å²) >= 11 is 7.17. The van der Waals surface area contributed by atoms with Crippen molar-refractivity contribution in [1.82, 2.24) is 14.3 Å². The van der Waals surface area contributed by atoms with E-state index in [9.17, 15) is 19.4 Å². The molecule has 1 aliphatic rings. The van der Waals surface area contributed by atoms with Crippen LogP contribution < -0.4 is 34.7 Å². The summed E-state index contributed by atoms with van der Waals surface area (Å²) in [6.45, 7) is 0.183. The molecule has 4 aromatic rings. The van der Waals surface area contributed by atoms with Crippen LogP contribution in [0.2, 0.25) is 5.02 Å². The van der Waals surface area contributed by atoms with Crippen molar-refractivity contribution >= 4 is 40.2 Å². The molecule has 2 aromatic carbocycles. The largest absolute Gasteiger partial charge is 1.00 e. The number of carboxylic acid groups (broad SMARTS) is 1. The Morgan fingerprint density at radius 1 is 1.24 bits per heavy atom. The Kier molecular flexibility index (Phi) is 7.42. The van der Waals surface area contributed by atoms with E-state index in [1.807, 2.05) is 0 Å². The van der Waals surface area contributed by atoms with Gasteiger partial charge in [0.15, 0.2) is 5.82 Å². The van der Waals surface area contributed by atoms with Gasteiger partial charge in [0.25, 0.3) is 0 Å². The third-order valence-electron chi connectivity index (χ3n) is 5.58. The molecule has 1 fully saturated rings. The van der Waals surface area contributed by atoms with Gasteiger partial charge in [-0.1, -0.05) is 35.5 Å². The summed E-state index contributed by atoms with van der Waals surface area (Å²) in [6, 6.07) is 7.22. The quantitative estimate of drug-likeness (QED) is 0.376. The van der Waals surface area contributed by atoms with E-state index < -0.39 is 23.2 Å². The first kappa shape index (κ1) is 25.2. The van der Waals surface area contributed by atoms with Crippen LogP contribution in [0.15, 0.2) is 52.5 Å². The second-order valence-corrected chi connectivity index (χ2v) is 9.23. The van der Waals surface area contributed by atoms with Crippen LogP contribution in [0.3, 0.4) is 0 Å². The van der Waals surface area contributed by atoms with E-state index in [-0.39, 0.29) is 64.1 Å². The SMILES string of the molecule is O=C([O-])c1cccc(Sc2c(C3CC3)n(-c3cnn(CCO)c3)c3c(F)c(Cl)ccc23)c1F.[Na+]. The predicted molar refractivity (Wildman–Crippen MR) is 118 cm³/mol. The van der Waals surface area contributed by atoms with Gasteiger partial charge in [0.2, 0.25) is 0 Å². The molecule has 0 saturated heterocycles. The minimum atomic E-state index is -1.60. The molecule has 0 unspecified atom stereocenters. The number of carbonyl (C=O) groups is 1. The van der Waals surface area contributed by atoms with Crippen LogP contribution in [0.25, 0.3) is 16.6 Å². The second kappa shape index (κ2) is 10.0. The average Bonchev–Trinajstić information content (AvgIpc) is 3.43. The van der Waals surface area contributed by atoms with Crippen molar-refractivity contribution in [2.75, 3.05) is 6.61 Å². The summed E-state index contributed by atoms with van der Waals surface area (Å²) in [5.41, 5.74) is 1.09. The maximum Gasteiger partial charge on any atom is 1.00 e. The number of halogens is 3. The summed E-state index contributed by atoms with van der Waals surface area (Å²) in [4.78, 5) is 12.0. The Morgan fingerprint density at radius 3 is 2.68 bits per heavy atom. The summed E-state index contributed by atoms with van der Waals surface area (Å²) in [6.07, 6.45) is 5.04. The fourth-order valence-electron chi connectivity index (χ4n) is 3.95. The molecule has 0 atom stereocenters. The molecule has 2 aromatic heterocycles. The fraction of sp³-hybridized carbons (Fsp3) is 0.217. The zero-order valence-corrected chi connectivity index (χ0v) is 21.7. The normalized spacial score (nSPS) is 13.3. The molecule has 0 amide bonds. The smallest absolute Gasteiger partial charge is 0.545 e. The molecule has 0 radical (unpaired) electrons. The van der Waals surface area contributed by atoms with Crippen molar-refractivity contribution in [3.63, 3.8) is 0 Å². The van der Waals surface area contributed by atoms with Crippen LogP contribution in [-0.2, 0) is 6.54 Å². The maximum absolute atomic E-state index is 15.4. The van der Waals surface area contributed by atoms with Crippen LogP contribution in [-0.4, -0.2) is 32.0 Å². The van der Waals surface area contributed by atoms with Crippen molar-refractivity contribution in [2.24, 2.45) is 0 Å². The zero-order valence-electron chi connectivity index (χ0n) is 18.1. The van der Waals surface area contributed by atoms with E-state index >= 15 is 4.39 Å². The molecule has 1 N–H and O–H groups in total. The van der Waals surface area contributed by atoms with E-state index in [0.717, 1.165) is 36.4 Å². The topological polar surface area (TPSA) is 83.1 Å². The van der Waals surface area contributed by atoms with E-state index in [4.69, 9.17) is 11.6 Å². The Hall–Kier alpha value is -1.88. The number of aliphatic hydroxyl groups excluding tert-OH is 1. The van der Waals surface area contributed by atoms with Gasteiger partial charge in [0.1, 0.15) is 5.82 Å². The van der Waals surface area contributed by atoms with Crippen LogP contribution in [0, 0.1) is 11.6 Å². The Labute approximate surface area is 224 Å². The minimum absolute atomic E-state index is 0.